The Balaban J connectivity index is -0.000000192. The molecule has 0 unspecified atom stereocenters. The summed E-state index contributed by atoms with van der Waals surface area (Å²) in [4.78, 5) is 60.5. The fraction of sp³-hybridized carbons (Fsp3) is 0.500. The monoisotopic (exact) mass is 444 g/mol. The number of hydrogen-bond donors (Lipinski definition) is 5. The number of carboxylic acid groups (broad SMARTS) is 6. The van der Waals surface area contributed by atoms with Crippen molar-refractivity contribution in [2.75, 3.05) is 0 Å². The molecule has 0 aromatic heterocycles. The Morgan fingerprint density at radius 3 is 1.07 bits per heavy atom. The largest absolute Gasteiger partial charge is 2.00 e. The zero-order valence-electron chi connectivity index (χ0n) is 14.4. The molecule has 0 rings (SSSR count). The van der Waals surface area contributed by atoms with Crippen LogP contribution in [0, 0.1) is 0 Å². The van der Waals surface area contributed by atoms with Gasteiger partial charge < -0.3 is 55.2 Å². The molecule has 0 aliphatic heterocycles. The minimum absolute atomic E-state index is 0. The second kappa shape index (κ2) is 14.9. The van der Waals surface area contributed by atoms with Crippen molar-refractivity contribution in [3.05, 3.63) is 0 Å². The Bertz CT molecular complexity index is 519. The molecular formula is C12H13CaNaO14. The van der Waals surface area contributed by atoms with Crippen LogP contribution < -0.4 is 44.9 Å². The quantitative estimate of drug-likeness (QED) is 0.196. The van der Waals surface area contributed by atoms with Crippen molar-refractivity contribution in [1.29, 1.82) is 0 Å². The van der Waals surface area contributed by atoms with Gasteiger partial charge in [-0.2, -0.15) is 0 Å². The maximum absolute atomic E-state index is 10.3. The van der Waals surface area contributed by atoms with Crippen LogP contribution in [0.15, 0.2) is 0 Å². The molecule has 0 aromatic rings. The van der Waals surface area contributed by atoms with E-state index in [1.807, 2.05) is 0 Å². The van der Waals surface area contributed by atoms with Crippen LogP contribution in [0.5, 0.6) is 0 Å². The number of aliphatic carboxylic acids is 6. The Morgan fingerprint density at radius 1 is 0.643 bits per heavy atom. The molecule has 5 N–H and O–H groups in total. The van der Waals surface area contributed by atoms with Crippen LogP contribution in [0.4, 0.5) is 0 Å². The SMILES string of the molecule is O=C(O)CC(O)(CC(=O)O)C(=O)O.O=C([O-])CC(O)(CC(=O)[O-])C(=O)[O-].[Ca+2].[Na+]. The summed E-state index contributed by atoms with van der Waals surface area (Å²) in [6.45, 7) is 0. The predicted molar refractivity (Wildman–Crippen MR) is 72.1 cm³/mol. The Morgan fingerprint density at radius 2 is 0.929 bits per heavy atom. The first-order valence-electron chi connectivity index (χ1n) is 6.28. The number of carboxylic acids is 6. The number of carbonyl (C=O) groups excluding carboxylic acids is 3. The summed E-state index contributed by atoms with van der Waals surface area (Å²) >= 11 is 0. The van der Waals surface area contributed by atoms with Crippen molar-refractivity contribution >= 4 is 73.6 Å². The van der Waals surface area contributed by atoms with Gasteiger partial charge in [0.25, 0.3) is 0 Å². The molecule has 0 aliphatic rings. The van der Waals surface area contributed by atoms with Gasteiger partial charge in [0.2, 0.25) is 0 Å². The molecule has 0 aliphatic carbocycles. The molecular weight excluding hydrogens is 431 g/mol. The number of aliphatic hydroxyl groups is 2. The third-order valence-corrected chi connectivity index (χ3v) is 2.54. The number of carbonyl (C=O) groups is 6. The molecule has 0 atom stereocenters. The van der Waals surface area contributed by atoms with Gasteiger partial charge in [-0.1, -0.05) is 0 Å². The molecule has 28 heavy (non-hydrogen) atoms. The summed E-state index contributed by atoms with van der Waals surface area (Å²) in [6, 6.07) is 0. The molecule has 14 nitrogen and oxygen atoms in total. The summed E-state index contributed by atoms with van der Waals surface area (Å²) in [5, 5.41) is 72.7. The van der Waals surface area contributed by atoms with E-state index in [1.54, 1.807) is 0 Å². The fourth-order valence-corrected chi connectivity index (χ4v) is 1.40. The molecule has 0 saturated carbocycles. The van der Waals surface area contributed by atoms with Crippen LogP contribution in [0.1, 0.15) is 25.7 Å². The van der Waals surface area contributed by atoms with Crippen LogP contribution in [0.2, 0.25) is 0 Å². The van der Waals surface area contributed by atoms with Gasteiger partial charge >= 0.3 is 85.2 Å². The Labute approximate surface area is 208 Å². The van der Waals surface area contributed by atoms with Gasteiger partial charge in [-0.3, -0.25) is 9.59 Å². The molecule has 0 heterocycles. The van der Waals surface area contributed by atoms with Gasteiger partial charge in [-0.15, -0.1) is 0 Å². The van der Waals surface area contributed by atoms with E-state index >= 15 is 0 Å². The zero-order valence-corrected chi connectivity index (χ0v) is 18.7. The molecule has 0 aromatic carbocycles. The first kappa shape index (κ1) is 34.5. The minimum Gasteiger partial charge on any atom is -0.550 e. The molecule has 16 heteroatoms. The van der Waals surface area contributed by atoms with E-state index in [1.165, 1.54) is 0 Å². The molecule has 0 fully saturated rings. The summed E-state index contributed by atoms with van der Waals surface area (Å²) < 4.78 is 0. The molecule has 0 spiro atoms. The van der Waals surface area contributed by atoms with Crippen LogP contribution in [-0.2, 0) is 28.8 Å². The molecule has 0 bridgehead atoms. The first-order chi connectivity index (χ1) is 11.6. The van der Waals surface area contributed by atoms with Crippen molar-refractivity contribution in [1.82, 2.24) is 0 Å². The van der Waals surface area contributed by atoms with Crippen molar-refractivity contribution in [3.63, 3.8) is 0 Å². The Kier molecular flexibility index (Phi) is 18.4. The normalized spacial score (nSPS) is 10.1. The van der Waals surface area contributed by atoms with Crippen LogP contribution in [0.3, 0.4) is 0 Å². The molecule has 148 valence electrons. The summed E-state index contributed by atoms with van der Waals surface area (Å²) in [5.41, 5.74) is -5.71. The van der Waals surface area contributed by atoms with Gasteiger partial charge in [-0.05, 0) is 0 Å². The minimum atomic E-state index is -2.97. The van der Waals surface area contributed by atoms with Crippen molar-refractivity contribution in [2.45, 2.75) is 36.9 Å². The van der Waals surface area contributed by atoms with Crippen molar-refractivity contribution in [2.24, 2.45) is 0 Å². The van der Waals surface area contributed by atoms with Gasteiger partial charge in [-0.25, -0.2) is 4.79 Å². The van der Waals surface area contributed by atoms with E-state index in [4.69, 9.17) is 25.5 Å². The zero-order chi connectivity index (χ0) is 21.3. The third-order valence-electron chi connectivity index (χ3n) is 2.54. The predicted octanol–water partition coefficient (Wildman–Crippen LogP) is -9.88. The van der Waals surface area contributed by atoms with E-state index in [2.05, 4.69) is 0 Å². The van der Waals surface area contributed by atoms with Gasteiger partial charge in [0, 0.05) is 24.8 Å². The second-order valence-corrected chi connectivity index (χ2v) is 4.89. The summed E-state index contributed by atoms with van der Waals surface area (Å²) in [6.07, 6.45) is -5.00. The second-order valence-electron chi connectivity index (χ2n) is 4.89. The molecule has 0 saturated heterocycles. The molecule has 0 radical (unpaired) electrons. The van der Waals surface area contributed by atoms with Gasteiger partial charge in [0.05, 0.1) is 18.8 Å². The smallest absolute Gasteiger partial charge is 0.550 e. The number of hydrogen-bond acceptors (Lipinski definition) is 11. The van der Waals surface area contributed by atoms with Crippen LogP contribution >= 0.6 is 0 Å². The standard InChI is InChI=1S/2C6H8O7.Ca.Na/c2*7-3(8)1-6(13,5(11)12)2-4(9)10;;/h2*13H,1-2H2,(H,7,8)(H,9,10)(H,11,12);;/q;;+2;+1/p-3. The van der Waals surface area contributed by atoms with E-state index in [0.717, 1.165) is 0 Å². The first-order valence-corrected chi connectivity index (χ1v) is 6.28. The van der Waals surface area contributed by atoms with E-state index in [9.17, 15) is 44.1 Å². The van der Waals surface area contributed by atoms with Gasteiger partial charge in [0.1, 0.15) is 5.60 Å². The summed E-state index contributed by atoms with van der Waals surface area (Å²) in [7, 11) is 0. The fourth-order valence-electron chi connectivity index (χ4n) is 1.40. The average molecular weight is 444 g/mol. The maximum atomic E-state index is 10.3. The third kappa shape index (κ3) is 15.0. The topological polar surface area (TPSA) is 273 Å². The summed E-state index contributed by atoms with van der Waals surface area (Å²) in [5.74, 6) is -11.0. The number of rotatable bonds is 10. The van der Waals surface area contributed by atoms with Crippen molar-refractivity contribution < 1.29 is 99.2 Å². The van der Waals surface area contributed by atoms with E-state index < -0.39 is 72.7 Å². The van der Waals surface area contributed by atoms with E-state index in [-0.39, 0.29) is 67.3 Å². The van der Waals surface area contributed by atoms with E-state index in [0.29, 0.717) is 0 Å². The van der Waals surface area contributed by atoms with Crippen molar-refractivity contribution in [3.8, 4) is 0 Å². The van der Waals surface area contributed by atoms with Gasteiger partial charge in [0.15, 0.2) is 5.60 Å². The van der Waals surface area contributed by atoms with Crippen LogP contribution in [0.25, 0.3) is 0 Å². The van der Waals surface area contributed by atoms with Crippen LogP contribution in [-0.4, -0.2) is 110 Å². The molecule has 0 amide bonds. The average Bonchev–Trinajstić information content (AvgIpc) is 2.34. The Hall–Kier alpha value is -1.00. The maximum Gasteiger partial charge on any atom is 2.00 e.